The van der Waals surface area contributed by atoms with Crippen molar-refractivity contribution in [3.05, 3.63) is 52.0 Å². The maximum atomic E-state index is 11.3. The molecule has 5 nitrogen and oxygen atoms in total. The first-order valence-electron chi connectivity index (χ1n) is 6.30. The number of nitroso groups, excluding NO2 is 1. The van der Waals surface area contributed by atoms with Gasteiger partial charge in [-0.1, -0.05) is 23.2 Å². The second-order valence-electron chi connectivity index (χ2n) is 4.65. The van der Waals surface area contributed by atoms with Crippen molar-refractivity contribution in [2.45, 2.75) is 6.92 Å². The summed E-state index contributed by atoms with van der Waals surface area (Å²) >= 11 is 5.97. The first-order chi connectivity index (χ1) is 10.1. The first-order valence-corrected chi connectivity index (χ1v) is 6.68. The number of pyridine rings is 1. The fourth-order valence-electron chi connectivity index (χ4n) is 2.28. The Hall–Kier alpha value is -2.40. The van der Waals surface area contributed by atoms with Crippen LogP contribution in [0.5, 0.6) is 5.75 Å². The van der Waals surface area contributed by atoms with Gasteiger partial charge in [-0.2, -0.15) is 0 Å². The number of aromatic nitrogens is 2. The minimum atomic E-state index is 0.227. The van der Waals surface area contributed by atoms with Crippen LogP contribution in [0.4, 0.5) is 5.82 Å². The highest BCUT2D eigenvalue weighted by atomic mass is 35.5. The van der Waals surface area contributed by atoms with Gasteiger partial charge in [0.15, 0.2) is 0 Å². The molecule has 0 aliphatic rings. The van der Waals surface area contributed by atoms with Crippen LogP contribution in [0.1, 0.15) is 5.56 Å². The minimum Gasteiger partial charge on any atom is -0.496 e. The summed E-state index contributed by atoms with van der Waals surface area (Å²) in [5, 5.41) is 3.67. The predicted molar refractivity (Wildman–Crippen MR) is 82.4 cm³/mol. The molecule has 6 heteroatoms. The van der Waals surface area contributed by atoms with Gasteiger partial charge < -0.3 is 4.74 Å². The lowest BCUT2D eigenvalue weighted by atomic mass is 10.1. The zero-order valence-corrected chi connectivity index (χ0v) is 12.3. The molecule has 0 N–H and O–H groups in total. The minimum absolute atomic E-state index is 0.227. The van der Waals surface area contributed by atoms with Crippen molar-refractivity contribution >= 4 is 23.1 Å². The molecule has 106 valence electrons. The molecule has 0 saturated heterocycles. The summed E-state index contributed by atoms with van der Waals surface area (Å²) in [5.41, 5.74) is 2.81. The van der Waals surface area contributed by atoms with Gasteiger partial charge in [-0.05, 0) is 30.3 Å². The second-order valence-corrected chi connectivity index (χ2v) is 5.09. The quantitative estimate of drug-likeness (QED) is 0.675. The molecule has 0 aliphatic heterocycles. The van der Waals surface area contributed by atoms with Crippen molar-refractivity contribution < 1.29 is 4.74 Å². The molecule has 0 fully saturated rings. The van der Waals surface area contributed by atoms with Crippen molar-refractivity contribution in [1.29, 1.82) is 0 Å². The van der Waals surface area contributed by atoms with E-state index in [1.165, 1.54) is 0 Å². The predicted octanol–water partition coefficient (Wildman–Crippen LogP) is 4.37. The number of nitrogens with zero attached hydrogens (tertiary/aromatic N) is 3. The molecule has 21 heavy (non-hydrogen) atoms. The molecule has 0 unspecified atom stereocenters. The highest BCUT2D eigenvalue weighted by Crippen LogP contribution is 2.37. The molecule has 0 radical (unpaired) electrons. The van der Waals surface area contributed by atoms with Crippen molar-refractivity contribution in [1.82, 2.24) is 9.38 Å². The average molecular weight is 302 g/mol. The van der Waals surface area contributed by atoms with Gasteiger partial charge in [0, 0.05) is 22.8 Å². The highest BCUT2D eigenvalue weighted by Gasteiger charge is 2.18. The van der Waals surface area contributed by atoms with Gasteiger partial charge in [0.05, 0.1) is 7.11 Å². The molecule has 2 heterocycles. The Morgan fingerprint density at radius 3 is 2.81 bits per heavy atom. The van der Waals surface area contributed by atoms with Crippen LogP contribution >= 0.6 is 11.6 Å². The summed E-state index contributed by atoms with van der Waals surface area (Å²) in [6.07, 6.45) is 1.67. The summed E-state index contributed by atoms with van der Waals surface area (Å²) in [6, 6.07) is 9.06. The number of methoxy groups -OCH3 is 1. The van der Waals surface area contributed by atoms with Crippen LogP contribution in [0.3, 0.4) is 0 Å². The smallest absolute Gasteiger partial charge is 0.209 e. The Bertz CT molecular complexity index is 842. The van der Waals surface area contributed by atoms with Crippen LogP contribution in [0.2, 0.25) is 5.02 Å². The van der Waals surface area contributed by atoms with Crippen molar-refractivity contribution in [3.63, 3.8) is 0 Å². The van der Waals surface area contributed by atoms with Gasteiger partial charge in [-0.3, -0.25) is 4.40 Å². The lowest BCUT2D eigenvalue weighted by Crippen LogP contribution is -1.89. The number of aryl methyl sites for hydroxylation is 1. The highest BCUT2D eigenvalue weighted by molar-refractivity contribution is 6.30. The molecule has 0 bridgehead atoms. The molecule has 0 amide bonds. The molecule has 2 aromatic heterocycles. The zero-order valence-electron chi connectivity index (χ0n) is 11.5. The molecule has 0 saturated carbocycles. The van der Waals surface area contributed by atoms with Gasteiger partial charge in [0.25, 0.3) is 0 Å². The number of ether oxygens (including phenoxy) is 1. The van der Waals surface area contributed by atoms with Crippen LogP contribution in [-0.4, -0.2) is 16.5 Å². The van der Waals surface area contributed by atoms with Gasteiger partial charge in [-0.15, -0.1) is 4.91 Å². The van der Waals surface area contributed by atoms with Crippen LogP contribution in [0.25, 0.3) is 16.9 Å². The maximum absolute atomic E-state index is 11.3. The molecule has 3 aromatic rings. The molecule has 0 aliphatic carbocycles. The van der Waals surface area contributed by atoms with E-state index in [2.05, 4.69) is 10.2 Å². The largest absolute Gasteiger partial charge is 0.496 e. The average Bonchev–Trinajstić information content (AvgIpc) is 2.84. The Kier molecular flexibility index (Phi) is 3.35. The zero-order chi connectivity index (χ0) is 15.0. The van der Waals surface area contributed by atoms with E-state index in [0.29, 0.717) is 22.1 Å². The summed E-state index contributed by atoms with van der Waals surface area (Å²) in [5.74, 6) is 0.866. The molecule has 0 spiro atoms. The van der Waals surface area contributed by atoms with E-state index >= 15 is 0 Å². The van der Waals surface area contributed by atoms with E-state index in [-0.39, 0.29) is 5.82 Å². The fraction of sp³-hybridized carbons (Fsp3) is 0.133. The fourth-order valence-corrected chi connectivity index (χ4v) is 2.44. The summed E-state index contributed by atoms with van der Waals surface area (Å²) in [7, 11) is 1.58. The second kappa shape index (κ2) is 5.18. The van der Waals surface area contributed by atoms with Crippen molar-refractivity contribution in [2.75, 3.05) is 7.11 Å². The third-order valence-corrected chi connectivity index (χ3v) is 3.49. The van der Waals surface area contributed by atoms with E-state index in [1.807, 2.05) is 25.1 Å². The van der Waals surface area contributed by atoms with Gasteiger partial charge >= 0.3 is 0 Å². The third-order valence-electron chi connectivity index (χ3n) is 3.26. The van der Waals surface area contributed by atoms with E-state index in [0.717, 1.165) is 11.1 Å². The monoisotopic (exact) mass is 301 g/mol. The van der Waals surface area contributed by atoms with E-state index in [1.54, 1.807) is 29.8 Å². The Morgan fingerprint density at radius 1 is 1.29 bits per heavy atom. The van der Waals surface area contributed by atoms with Crippen molar-refractivity contribution in [3.8, 4) is 17.0 Å². The Morgan fingerprint density at radius 2 is 2.10 bits per heavy atom. The number of benzene rings is 1. The Labute approximate surface area is 126 Å². The third kappa shape index (κ3) is 2.25. The maximum Gasteiger partial charge on any atom is 0.209 e. The normalized spacial score (nSPS) is 10.8. The number of imidazole rings is 1. The number of fused-ring (bicyclic) bond motifs is 1. The standard InChI is InChI=1S/C15H12ClN3O2/c1-9-3-4-12(21-2)11(7-9)14-15(18-20)19-6-5-10(16)8-13(19)17-14/h3-8H,1-2H3. The van der Waals surface area contributed by atoms with Gasteiger partial charge in [-0.25, -0.2) is 4.98 Å². The molecular weight excluding hydrogens is 290 g/mol. The first kappa shape index (κ1) is 13.6. The molecule has 3 rings (SSSR count). The summed E-state index contributed by atoms with van der Waals surface area (Å²) in [4.78, 5) is 15.7. The van der Waals surface area contributed by atoms with E-state index in [9.17, 15) is 4.91 Å². The van der Waals surface area contributed by atoms with Crippen LogP contribution in [0, 0.1) is 11.8 Å². The summed E-state index contributed by atoms with van der Waals surface area (Å²) < 4.78 is 6.96. The molecule has 1 aromatic carbocycles. The van der Waals surface area contributed by atoms with E-state index < -0.39 is 0 Å². The number of hydrogen-bond acceptors (Lipinski definition) is 4. The van der Waals surface area contributed by atoms with Gasteiger partial charge in [0.2, 0.25) is 5.82 Å². The number of rotatable bonds is 3. The van der Waals surface area contributed by atoms with Crippen LogP contribution < -0.4 is 4.74 Å². The molecule has 0 atom stereocenters. The number of hydrogen-bond donors (Lipinski definition) is 0. The van der Waals surface area contributed by atoms with E-state index in [4.69, 9.17) is 16.3 Å². The van der Waals surface area contributed by atoms with Crippen molar-refractivity contribution in [2.24, 2.45) is 5.18 Å². The Balaban J connectivity index is 2.34. The van der Waals surface area contributed by atoms with Gasteiger partial charge in [0.1, 0.15) is 17.1 Å². The number of halogens is 1. The summed E-state index contributed by atoms with van der Waals surface area (Å²) in [6.45, 7) is 1.96. The molecular formula is C15H12ClN3O2. The SMILES string of the molecule is COc1ccc(C)cc1-c1nc2cc(Cl)ccn2c1N=O. The van der Waals surface area contributed by atoms with Crippen LogP contribution in [-0.2, 0) is 0 Å². The van der Waals surface area contributed by atoms with Crippen LogP contribution in [0.15, 0.2) is 41.7 Å². The topological polar surface area (TPSA) is 56.0 Å². The lowest BCUT2D eigenvalue weighted by Gasteiger charge is -2.07. The lowest BCUT2D eigenvalue weighted by molar-refractivity contribution is 0.416.